The van der Waals surface area contributed by atoms with Crippen LogP contribution in [0, 0.1) is 6.92 Å². The minimum atomic E-state index is 0.354. The smallest absolute Gasteiger partial charge is 0.0936 e. The Morgan fingerprint density at radius 1 is 1.22 bits per heavy atom. The van der Waals surface area contributed by atoms with Gasteiger partial charge in [0.1, 0.15) is 0 Å². The number of nitrogens with one attached hydrogen (secondary N) is 1. The fraction of sp³-hybridized carbons (Fsp3) is 0.400. The SMILES string of the molecule is Cc1ccc2cccc(NC3CCC(N)C3)c2n1. The molecule has 0 bridgehead atoms. The predicted octanol–water partition coefficient (Wildman–Crippen LogP) is 2.83. The second-order valence-corrected chi connectivity index (χ2v) is 5.24. The van der Waals surface area contributed by atoms with E-state index in [1.807, 2.05) is 6.92 Å². The summed E-state index contributed by atoms with van der Waals surface area (Å²) in [5.41, 5.74) is 9.22. The topological polar surface area (TPSA) is 50.9 Å². The highest BCUT2D eigenvalue weighted by molar-refractivity contribution is 5.90. The van der Waals surface area contributed by atoms with Crippen molar-refractivity contribution in [1.29, 1.82) is 0 Å². The van der Waals surface area contributed by atoms with Gasteiger partial charge in [0.05, 0.1) is 11.2 Å². The van der Waals surface area contributed by atoms with E-state index in [9.17, 15) is 0 Å². The molecular formula is C15H19N3. The molecule has 0 aliphatic heterocycles. The molecule has 94 valence electrons. The molecule has 2 aromatic rings. The largest absolute Gasteiger partial charge is 0.380 e. The molecule has 3 rings (SSSR count). The molecule has 1 heterocycles. The average Bonchev–Trinajstić information content (AvgIpc) is 2.76. The van der Waals surface area contributed by atoms with Crippen LogP contribution < -0.4 is 11.1 Å². The Morgan fingerprint density at radius 2 is 2.11 bits per heavy atom. The lowest BCUT2D eigenvalue weighted by Gasteiger charge is -2.15. The summed E-state index contributed by atoms with van der Waals surface area (Å²) in [5.74, 6) is 0. The molecule has 1 aliphatic rings. The van der Waals surface area contributed by atoms with Crippen LogP contribution in [-0.4, -0.2) is 17.1 Å². The van der Waals surface area contributed by atoms with Crippen LogP contribution in [0.4, 0.5) is 5.69 Å². The molecule has 1 saturated carbocycles. The first-order chi connectivity index (χ1) is 8.72. The van der Waals surface area contributed by atoms with Gasteiger partial charge in [-0.3, -0.25) is 4.98 Å². The molecular weight excluding hydrogens is 222 g/mol. The minimum Gasteiger partial charge on any atom is -0.380 e. The Morgan fingerprint density at radius 3 is 2.89 bits per heavy atom. The molecule has 0 saturated heterocycles. The normalized spacial score (nSPS) is 23.4. The Labute approximate surface area is 107 Å². The average molecular weight is 241 g/mol. The van der Waals surface area contributed by atoms with Crippen LogP contribution in [0.15, 0.2) is 30.3 Å². The summed E-state index contributed by atoms with van der Waals surface area (Å²) in [4.78, 5) is 4.64. The lowest BCUT2D eigenvalue weighted by atomic mass is 10.1. The van der Waals surface area contributed by atoms with Gasteiger partial charge in [0.25, 0.3) is 0 Å². The van der Waals surface area contributed by atoms with Gasteiger partial charge < -0.3 is 11.1 Å². The summed E-state index contributed by atoms with van der Waals surface area (Å²) >= 11 is 0. The number of nitrogens with two attached hydrogens (primary N) is 1. The maximum atomic E-state index is 5.96. The van der Waals surface area contributed by atoms with Crippen molar-refractivity contribution in [2.75, 3.05) is 5.32 Å². The van der Waals surface area contributed by atoms with Gasteiger partial charge in [-0.05, 0) is 38.3 Å². The van der Waals surface area contributed by atoms with Crippen LogP contribution in [0.3, 0.4) is 0 Å². The van der Waals surface area contributed by atoms with Crippen molar-refractivity contribution >= 4 is 16.6 Å². The number of benzene rings is 1. The zero-order chi connectivity index (χ0) is 12.5. The predicted molar refractivity (Wildman–Crippen MR) is 75.7 cm³/mol. The van der Waals surface area contributed by atoms with Crippen molar-refractivity contribution in [3.63, 3.8) is 0 Å². The van der Waals surface area contributed by atoms with Crippen molar-refractivity contribution in [3.05, 3.63) is 36.0 Å². The Bertz CT molecular complexity index is 565. The Balaban J connectivity index is 1.93. The molecule has 2 unspecified atom stereocenters. The number of anilines is 1. The van der Waals surface area contributed by atoms with E-state index >= 15 is 0 Å². The zero-order valence-electron chi connectivity index (χ0n) is 10.7. The highest BCUT2D eigenvalue weighted by Crippen LogP contribution is 2.26. The molecule has 1 fully saturated rings. The van der Waals surface area contributed by atoms with Crippen molar-refractivity contribution in [3.8, 4) is 0 Å². The first kappa shape index (κ1) is 11.5. The van der Waals surface area contributed by atoms with Crippen molar-refractivity contribution in [2.24, 2.45) is 5.73 Å². The van der Waals surface area contributed by atoms with E-state index in [1.165, 1.54) is 5.39 Å². The van der Waals surface area contributed by atoms with Crippen LogP contribution in [0.1, 0.15) is 25.0 Å². The van der Waals surface area contributed by atoms with Crippen LogP contribution in [0.25, 0.3) is 10.9 Å². The molecule has 1 aliphatic carbocycles. The second kappa shape index (κ2) is 4.58. The highest BCUT2D eigenvalue weighted by Gasteiger charge is 2.21. The van der Waals surface area contributed by atoms with Gasteiger partial charge in [-0.1, -0.05) is 18.2 Å². The maximum absolute atomic E-state index is 5.96. The summed E-state index contributed by atoms with van der Waals surface area (Å²) in [7, 11) is 0. The number of nitrogens with zero attached hydrogens (tertiary/aromatic N) is 1. The van der Waals surface area contributed by atoms with Crippen molar-refractivity contribution in [1.82, 2.24) is 4.98 Å². The van der Waals surface area contributed by atoms with Crippen LogP contribution in [0.2, 0.25) is 0 Å². The Hall–Kier alpha value is -1.61. The number of rotatable bonds is 2. The molecule has 18 heavy (non-hydrogen) atoms. The van der Waals surface area contributed by atoms with E-state index < -0.39 is 0 Å². The maximum Gasteiger partial charge on any atom is 0.0936 e. The van der Waals surface area contributed by atoms with Gasteiger partial charge in [-0.2, -0.15) is 0 Å². The molecule has 3 N–H and O–H groups in total. The quantitative estimate of drug-likeness (QED) is 0.850. The number of para-hydroxylation sites is 1. The summed E-state index contributed by atoms with van der Waals surface area (Å²) in [6, 6.07) is 11.3. The lowest BCUT2D eigenvalue weighted by molar-refractivity contribution is 0.688. The van der Waals surface area contributed by atoms with Crippen molar-refractivity contribution < 1.29 is 0 Å². The van der Waals surface area contributed by atoms with Crippen LogP contribution in [0.5, 0.6) is 0 Å². The van der Waals surface area contributed by atoms with E-state index in [-0.39, 0.29) is 0 Å². The standard InChI is InChI=1S/C15H19N3/c1-10-5-6-11-3-2-4-14(15(11)17-10)18-13-8-7-12(16)9-13/h2-6,12-13,18H,7-9,16H2,1H3. The van der Waals surface area contributed by atoms with E-state index in [2.05, 4.69) is 40.6 Å². The highest BCUT2D eigenvalue weighted by atomic mass is 15.0. The summed E-state index contributed by atoms with van der Waals surface area (Å²) in [5, 5.41) is 4.79. The number of fused-ring (bicyclic) bond motifs is 1. The first-order valence-electron chi connectivity index (χ1n) is 6.61. The third-order valence-corrected chi connectivity index (χ3v) is 3.69. The van der Waals surface area contributed by atoms with E-state index in [0.29, 0.717) is 12.1 Å². The van der Waals surface area contributed by atoms with Crippen LogP contribution >= 0.6 is 0 Å². The van der Waals surface area contributed by atoms with Gasteiger partial charge >= 0.3 is 0 Å². The second-order valence-electron chi connectivity index (χ2n) is 5.24. The molecule has 3 heteroatoms. The number of aromatic nitrogens is 1. The van der Waals surface area contributed by atoms with Gasteiger partial charge in [-0.25, -0.2) is 0 Å². The lowest BCUT2D eigenvalue weighted by Crippen LogP contribution is -2.20. The summed E-state index contributed by atoms with van der Waals surface area (Å²) in [6.07, 6.45) is 3.33. The number of aryl methyl sites for hydroxylation is 1. The fourth-order valence-corrected chi connectivity index (χ4v) is 2.73. The number of hydrogen-bond acceptors (Lipinski definition) is 3. The first-order valence-corrected chi connectivity index (χ1v) is 6.61. The molecule has 0 radical (unpaired) electrons. The van der Waals surface area contributed by atoms with Gasteiger partial charge in [0.15, 0.2) is 0 Å². The third-order valence-electron chi connectivity index (χ3n) is 3.69. The number of pyridine rings is 1. The molecule has 2 atom stereocenters. The molecule has 3 nitrogen and oxygen atoms in total. The fourth-order valence-electron chi connectivity index (χ4n) is 2.73. The van der Waals surface area contributed by atoms with Crippen LogP contribution in [-0.2, 0) is 0 Å². The molecule has 1 aromatic carbocycles. The van der Waals surface area contributed by atoms with E-state index in [0.717, 1.165) is 36.2 Å². The van der Waals surface area contributed by atoms with Crippen molar-refractivity contribution in [2.45, 2.75) is 38.3 Å². The number of hydrogen-bond donors (Lipinski definition) is 2. The Kier molecular flexibility index (Phi) is 2.92. The summed E-state index contributed by atoms with van der Waals surface area (Å²) in [6.45, 7) is 2.03. The monoisotopic (exact) mass is 241 g/mol. The third kappa shape index (κ3) is 2.18. The molecule has 1 aromatic heterocycles. The summed E-state index contributed by atoms with van der Waals surface area (Å²) < 4.78 is 0. The molecule has 0 amide bonds. The van der Waals surface area contributed by atoms with E-state index in [4.69, 9.17) is 5.73 Å². The van der Waals surface area contributed by atoms with Gasteiger partial charge in [-0.15, -0.1) is 0 Å². The minimum absolute atomic E-state index is 0.354. The van der Waals surface area contributed by atoms with Gasteiger partial charge in [0.2, 0.25) is 0 Å². The van der Waals surface area contributed by atoms with Gasteiger partial charge in [0, 0.05) is 23.2 Å². The molecule has 0 spiro atoms. The van der Waals surface area contributed by atoms with E-state index in [1.54, 1.807) is 0 Å². The zero-order valence-corrected chi connectivity index (χ0v) is 10.7.